The fourth-order valence-electron chi connectivity index (χ4n) is 3.32. The smallest absolute Gasteiger partial charge is 0.278 e. The average molecular weight is 483 g/mol. The lowest BCUT2D eigenvalue weighted by molar-refractivity contribution is -0.896. The first-order chi connectivity index (χ1) is 16.6. The molecule has 2 heterocycles. The summed E-state index contributed by atoms with van der Waals surface area (Å²) in [4.78, 5) is 26.8. The summed E-state index contributed by atoms with van der Waals surface area (Å²) >= 11 is 0. The highest BCUT2D eigenvalue weighted by molar-refractivity contribution is 6.00. The predicted octanol–water partition coefficient (Wildman–Crippen LogP) is 5.59. The molecule has 2 aromatic carbocycles. The van der Waals surface area contributed by atoms with E-state index in [9.17, 15) is 32.4 Å². The monoisotopic (exact) mass is 483 g/mol. The number of benzene rings is 2. The molecular weight excluding hydrogens is 464 g/mol. The van der Waals surface area contributed by atoms with Gasteiger partial charge in [-0.1, -0.05) is 0 Å². The van der Waals surface area contributed by atoms with Crippen molar-refractivity contribution in [3.8, 4) is 22.5 Å². The second-order valence-corrected chi connectivity index (χ2v) is 7.38. The lowest BCUT2D eigenvalue weighted by Crippen LogP contribution is -2.34. The van der Waals surface area contributed by atoms with Crippen molar-refractivity contribution in [3.63, 3.8) is 0 Å². The van der Waals surface area contributed by atoms with Crippen molar-refractivity contribution in [2.45, 2.75) is 13.8 Å². The number of pyridine rings is 2. The van der Waals surface area contributed by atoms with E-state index in [4.69, 9.17) is 0 Å². The van der Waals surface area contributed by atoms with Gasteiger partial charge in [0, 0.05) is 40.3 Å². The molecule has 0 aliphatic heterocycles. The highest BCUT2D eigenvalue weighted by Gasteiger charge is 2.24. The largest absolute Gasteiger partial charge is 0.294 e. The van der Waals surface area contributed by atoms with E-state index in [2.05, 4.69) is 4.98 Å². The average Bonchev–Trinajstić information content (AvgIpc) is 2.80. The summed E-state index contributed by atoms with van der Waals surface area (Å²) < 4.78 is 53.6. The predicted molar refractivity (Wildman–Crippen MR) is 119 cm³/mol. The fraction of sp³-hybridized carbons (Fsp3) is 0.0769. The third kappa shape index (κ3) is 5.75. The molecule has 0 aliphatic carbocycles. The number of carbonyl (C=O) groups is 2. The molecule has 0 atom stereocenters. The minimum atomic E-state index is -0.841. The Morgan fingerprint density at radius 3 is 1.86 bits per heavy atom. The van der Waals surface area contributed by atoms with E-state index >= 15 is 0 Å². The summed E-state index contributed by atoms with van der Waals surface area (Å²) in [6, 6.07) is 12.2. The molecule has 4 aromatic rings. The number of nitrogens with zero attached hydrogens (tertiary/aromatic N) is 2. The Morgan fingerprint density at radius 2 is 1.31 bits per heavy atom. The van der Waals surface area contributed by atoms with Crippen LogP contribution >= 0.6 is 0 Å². The van der Waals surface area contributed by atoms with Crippen LogP contribution in [-0.2, 0) is 0 Å². The van der Waals surface area contributed by atoms with Crippen LogP contribution in [0.5, 0.6) is 0 Å². The molecule has 0 amide bonds. The summed E-state index contributed by atoms with van der Waals surface area (Å²) in [5.74, 6) is -3.49. The number of hydrogen-bond acceptors (Lipinski definition) is 4. The Morgan fingerprint density at radius 1 is 0.771 bits per heavy atom. The molecular formula is C26H19F4N2O3+. The molecule has 0 bridgehead atoms. The van der Waals surface area contributed by atoms with Crippen LogP contribution in [-0.4, -0.2) is 21.8 Å². The maximum atomic E-state index is 13.7. The van der Waals surface area contributed by atoms with Crippen molar-refractivity contribution in [1.82, 2.24) is 4.98 Å². The van der Waals surface area contributed by atoms with E-state index in [1.54, 1.807) is 12.1 Å². The molecule has 9 heteroatoms. The number of Topliss-reactive ketones (excluding diaryl/α,β-unsaturated/α-hetero) is 2. The Kier molecular flexibility index (Phi) is 7.70. The van der Waals surface area contributed by atoms with Crippen LogP contribution in [0, 0.1) is 23.3 Å². The van der Waals surface area contributed by atoms with Gasteiger partial charge in [0.15, 0.2) is 11.6 Å². The van der Waals surface area contributed by atoms with Crippen LogP contribution in [0.3, 0.4) is 0 Å². The van der Waals surface area contributed by atoms with Gasteiger partial charge < -0.3 is 0 Å². The third-order valence-corrected chi connectivity index (χ3v) is 4.91. The SMILES string of the molecule is CC(=O)c1ccc[n+](O)c1-c1ccc(F)cc1F.CC(=O)c1cccnc1-c1ccc(F)cc1F. The van der Waals surface area contributed by atoms with E-state index in [1.165, 1.54) is 50.5 Å². The Labute approximate surface area is 197 Å². The van der Waals surface area contributed by atoms with E-state index < -0.39 is 23.3 Å². The molecule has 0 fully saturated rings. The lowest BCUT2D eigenvalue weighted by atomic mass is 10.0. The summed E-state index contributed by atoms with van der Waals surface area (Å²) in [5, 5.41) is 9.69. The summed E-state index contributed by atoms with van der Waals surface area (Å²) in [6.07, 6.45) is 2.73. The minimum Gasteiger partial charge on any atom is -0.294 e. The molecule has 5 nitrogen and oxygen atoms in total. The van der Waals surface area contributed by atoms with Gasteiger partial charge in [0.05, 0.1) is 16.8 Å². The zero-order valence-corrected chi connectivity index (χ0v) is 18.6. The van der Waals surface area contributed by atoms with Gasteiger partial charge in [0.25, 0.3) is 5.69 Å². The topological polar surface area (TPSA) is 71.1 Å². The van der Waals surface area contributed by atoms with Gasteiger partial charge in [-0.25, -0.2) is 17.6 Å². The van der Waals surface area contributed by atoms with Crippen molar-refractivity contribution in [2.75, 3.05) is 0 Å². The molecule has 2 aromatic heterocycles. The third-order valence-electron chi connectivity index (χ3n) is 4.91. The molecule has 35 heavy (non-hydrogen) atoms. The van der Waals surface area contributed by atoms with Crippen LogP contribution in [0.2, 0.25) is 0 Å². The molecule has 0 radical (unpaired) electrons. The van der Waals surface area contributed by atoms with E-state index in [-0.39, 0.29) is 39.6 Å². The van der Waals surface area contributed by atoms with Crippen molar-refractivity contribution < 1.29 is 37.1 Å². The van der Waals surface area contributed by atoms with Crippen LogP contribution in [0.25, 0.3) is 22.5 Å². The van der Waals surface area contributed by atoms with Gasteiger partial charge in [-0.3, -0.25) is 19.8 Å². The molecule has 0 aliphatic rings. The highest BCUT2D eigenvalue weighted by atomic mass is 19.1. The standard InChI is InChI=1S/C13H10F2NO2.C13H9F2NO/c1-8(17)10-3-2-6-16(18)13(10)11-5-4-9(14)7-12(11)15;1-8(17)10-3-2-6-16-13(10)11-5-4-9(14)7-12(11)15/h2-7,18H,1H3;2-7H,1H3/q+1;. The van der Waals surface area contributed by atoms with E-state index in [1.807, 2.05) is 0 Å². The number of aromatic nitrogens is 2. The highest BCUT2D eigenvalue weighted by Crippen LogP contribution is 2.25. The van der Waals surface area contributed by atoms with Crippen molar-refractivity contribution in [3.05, 3.63) is 107 Å². The second kappa shape index (κ2) is 10.7. The molecule has 0 saturated carbocycles. The maximum absolute atomic E-state index is 13.7. The number of rotatable bonds is 4. The second-order valence-electron chi connectivity index (χ2n) is 7.38. The first-order valence-electron chi connectivity index (χ1n) is 10.2. The van der Waals surface area contributed by atoms with Crippen LogP contribution in [0.4, 0.5) is 17.6 Å². The molecule has 0 unspecified atom stereocenters. The van der Waals surface area contributed by atoms with Gasteiger partial charge >= 0.3 is 0 Å². The number of hydrogen-bond donors (Lipinski definition) is 1. The minimum absolute atomic E-state index is 0.00231. The van der Waals surface area contributed by atoms with E-state index in [0.717, 1.165) is 18.2 Å². The fourth-order valence-corrected chi connectivity index (χ4v) is 3.32. The molecule has 1 N–H and O–H groups in total. The summed E-state index contributed by atoms with van der Waals surface area (Å²) in [5.41, 5.74) is 0.797. The van der Waals surface area contributed by atoms with Crippen molar-refractivity contribution in [1.29, 1.82) is 0 Å². The van der Waals surface area contributed by atoms with Gasteiger partial charge in [-0.05, 0) is 56.3 Å². The van der Waals surface area contributed by atoms with E-state index in [0.29, 0.717) is 16.4 Å². The van der Waals surface area contributed by atoms with Crippen LogP contribution in [0.1, 0.15) is 34.6 Å². The summed E-state index contributed by atoms with van der Waals surface area (Å²) in [7, 11) is 0. The van der Waals surface area contributed by atoms with Gasteiger partial charge in [-0.2, -0.15) is 0 Å². The molecule has 4 rings (SSSR count). The van der Waals surface area contributed by atoms with Gasteiger partial charge in [0.2, 0.25) is 6.20 Å². The normalized spacial score (nSPS) is 10.3. The number of halogens is 4. The quantitative estimate of drug-likeness (QED) is 0.178. The Hall–Kier alpha value is -4.40. The number of ketones is 2. The zero-order chi connectivity index (χ0) is 25.7. The molecule has 0 spiro atoms. The molecule has 178 valence electrons. The maximum Gasteiger partial charge on any atom is 0.278 e. The van der Waals surface area contributed by atoms with Crippen LogP contribution in [0.15, 0.2) is 73.1 Å². The summed E-state index contributed by atoms with van der Waals surface area (Å²) in [6.45, 7) is 2.68. The first kappa shape index (κ1) is 25.2. The van der Waals surface area contributed by atoms with Crippen molar-refractivity contribution in [2.24, 2.45) is 0 Å². The Balaban J connectivity index is 0.000000196. The first-order valence-corrected chi connectivity index (χ1v) is 10.2. The van der Waals surface area contributed by atoms with Crippen molar-refractivity contribution >= 4 is 11.6 Å². The lowest BCUT2D eigenvalue weighted by Gasteiger charge is -2.06. The molecule has 0 saturated heterocycles. The van der Waals surface area contributed by atoms with Crippen LogP contribution < -0.4 is 4.73 Å². The zero-order valence-electron chi connectivity index (χ0n) is 18.6. The van der Waals surface area contributed by atoms with Gasteiger partial charge in [0.1, 0.15) is 23.3 Å². The van der Waals surface area contributed by atoms with Gasteiger partial charge in [-0.15, -0.1) is 0 Å². The number of carbonyl (C=O) groups excluding carboxylic acids is 2. The Bertz CT molecular complexity index is 1420.